The molecule has 1 aliphatic rings. The van der Waals surface area contributed by atoms with Gasteiger partial charge in [-0.15, -0.1) is 0 Å². The van der Waals surface area contributed by atoms with E-state index in [4.69, 9.17) is 18.9 Å². The van der Waals surface area contributed by atoms with Crippen molar-refractivity contribution in [1.82, 2.24) is 0 Å². The van der Waals surface area contributed by atoms with Gasteiger partial charge >= 0.3 is 11.9 Å². The molecule has 0 amide bonds. The van der Waals surface area contributed by atoms with Gasteiger partial charge in [0.25, 0.3) is 0 Å². The summed E-state index contributed by atoms with van der Waals surface area (Å²) in [4.78, 5) is 25.0. The normalized spacial score (nSPS) is 22.7. The van der Waals surface area contributed by atoms with Gasteiger partial charge < -0.3 is 18.9 Å². The smallest absolute Gasteiger partial charge is 0.320 e. The highest BCUT2D eigenvalue weighted by atomic mass is 16.6. The van der Waals surface area contributed by atoms with Crippen LogP contribution in [0.15, 0.2) is 24.3 Å². The Morgan fingerprint density at radius 2 is 1.65 bits per heavy atom. The highest BCUT2D eigenvalue weighted by Crippen LogP contribution is 2.41. The van der Waals surface area contributed by atoms with Crippen LogP contribution in [0.2, 0.25) is 0 Å². The van der Waals surface area contributed by atoms with Crippen molar-refractivity contribution in [3.05, 3.63) is 29.8 Å². The average Bonchev–Trinajstić information content (AvgIpc) is 2.63. The summed E-state index contributed by atoms with van der Waals surface area (Å²) >= 11 is 0. The number of hydrogen-bond acceptors (Lipinski definition) is 6. The Labute approximate surface area is 154 Å². The molecule has 1 aliphatic heterocycles. The van der Waals surface area contributed by atoms with Crippen molar-refractivity contribution in [3.8, 4) is 5.75 Å². The Kier molecular flexibility index (Phi) is 7.45. The fourth-order valence-corrected chi connectivity index (χ4v) is 3.37. The molecule has 1 fully saturated rings. The van der Waals surface area contributed by atoms with Crippen molar-refractivity contribution < 1.29 is 28.5 Å². The van der Waals surface area contributed by atoms with Gasteiger partial charge in [-0.3, -0.25) is 9.59 Å². The first-order valence-corrected chi connectivity index (χ1v) is 9.14. The first-order chi connectivity index (χ1) is 12.5. The van der Waals surface area contributed by atoms with Gasteiger partial charge in [-0.05, 0) is 51.3 Å². The SMILES string of the molecule is CCOC(=O)C(C(=O)OCC)[C@@H]1CCC(C)O[C@H]1c1ccc(OC)cc1. The van der Waals surface area contributed by atoms with Gasteiger partial charge in [0.1, 0.15) is 5.75 Å². The van der Waals surface area contributed by atoms with Gasteiger partial charge in [0.05, 0.1) is 32.5 Å². The van der Waals surface area contributed by atoms with Crippen LogP contribution in [0.25, 0.3) is 0 Å². The first-order valence-electron chi connectivity index (χ1n) is 9.14. The third-order valence-electron chi connectivity index (χ3n) is 4.63. The molecule has 0 bridgehead atoms. The molecule has 1 unspecified atom stereocenters. The van der Waals surface area contributed by atoms with Crippen LogP contribution in [0.3, 0.4) is 0 Å². The van der Waals surface area contributed by atoms with E-state index in [2.05, 4.69) is 0 Å². The molecular formula is C20H28O6. The third-order valence-corrected chi connectivity index (χ3v) is 4.63. The van der Waals surface area contributed by atoms with Gasteiger partial charge in [0.15, 0.2) is 5.92 Å². The number of methoxy groups -OCH3 is 1. The van der Waals surface area contributed by atoms with Crippen LogP contribution in [0.5, 0.6) is 5.75 Å². The number of rotatable bonds is 7. The van der Waals surface area contributed by atoms with Crippen molar-refractivity contribution in [1.29, 1.82) is 0 Å². The van der Waals surface area contributed by atoms with Crippen LogP contribution in [-0.4, -0.2) is 38.4 Å². The van der Waals surface area contributed by atoms with Crippen molar-refractivity contribution in [2.45, 2.75) is 45.8 Å². The Balaban J connectivity index is 2.34. The topological polar surface area (TPSA) is 71.1 Å². The van der Waals surface area contributed by atoms with Crippen LogP contribution >= 0.6 is 0 Å². The predicted octanol–water partition coefficient (Wildman–Crippen LogP) is 3.29. The molecule has 0 spiro atoms. The summed E-state index contributed by atoms with van der Waals surface area (Å²) in [6.45, 7) is 5.87. The lowest BCUT2D eigenvalue weighted by molar-refractivity contribution is -0.173. The van der Waals surface area contributed by atoms with Crippen LogP contribution in [0.1, 0.15) is 45.3 Å². The highest BCUT2D eigenvalue weighted by Gasteiger charge is 2.45. The summed E-state index contributed by atoms with van der Waals surface area (Å²) < 4.78 is 21.7. The van der Waals surface area contributed by atoms with Gasteiger partial charge in [0, 0.05) is 5.92 Å². The first kappa shape index (κ1) is 20.2. The quantitative estimate of drug-likeness (QED) is 0.546. The minimum Gasteiger partial charge on any atom is -0.497 e. The maximum Gasteiger partial charge on any atom is 0.320 e. The fraction of sp³-hybridized carbons (Fsp3) is 0.600. The van der Waals surface area contributed by atoms with Crippen LogP contribution in [-0.2, 0) is 23.8 Å². The summed E-state index contributed by atoms with van der Waals surface area (Å²) in [6.07, 6.45) is 1.11. The van der Waals surface area contributed by atoms with Gasteiger partial charge in [0.2, 0.25) is 0 Å². The second-order valence-corrected chi connectivity index (χ2v) is 6.36. The van der Waals surface area contributed by atoms with Gasteiger partial charge in [-0.2, -0.15) is 0 Å². The van der Waals surface area contributed by atoms with E-state index in [1.165, 1.54) is 0 Å². The Bertz CT molecular complexity index is 579. The molecule has 0 aliphatic carbocycles. The lowest BCUT2D eigenvalue weighted by Crippen LogP contribution is -2.41. The molecule has 1 saturated heterocycles. The van der Waals surface area contributed by atoms with Crippen molar-refractivity contribution in [3.63, 3.8) is 0 Å². The average molecular weight is 364 g/mol. The van der Waals surface area contributed by atoms with Gasteiger partial charge in [-0.1, -0.05) is 12.1 Å². The predicted molar refractivity (Wildman–Crippen MR) is 95.8 cm³/mol. The van der Waals surface area contributed by atoms with Crippen molar-refractivity contribution >= 4 is 11.9 Å². The van der Waals surface area contributed by atoms with Crippen LogP contribution in [0, 0.1) is 11.8 Å². The largest absolute Gasteiger partial charge is 0.497 e. The van der Waals surface area contributed by atoms with E-state index >= 15 is 0 Å². The standard InChI is InChI=1S/C20H28O6/c1-5-24-19(21)17(20(22)25-6-2)16-12-7-13(3)26-18(16)14-8-10-15(23-4)11-9-14/h8-11,13,16-18H,5-7,12H2,1-4H3/t13?,16-,18-/m0/s1. The summed E-state index contributed by atoms with van der Waals surface area (Å²) in [7, 11) is 1.61. The Hall–Kier alpha value is -2.08. The minimum absolute atomic E-state index is 0.0448. The lowest BCUT2D eigenvalue weighted by Gasteiger charge is -2.38. The molecule has 1 heterocycles. The molecule has 26 heavy (non-hydrogen) atoms. The molecule has 0 saturated carbocycles. The molecule has 6 heteroatoms. The van der Waals surface area contributed by atoms with E-state index in [0.29, 0.717) is 6.42 Å². The number of ether oxygens (including phenoxy) is 4. The van der Waals surface area contributed by atoms with Crippen LogP contribution < -0.4 is 4.74 Å². The van der Waals surface area contributed by atoms with E-state index in [-0.39, 0.29) is 31.3 Å². The second-order valence-electron chi connectivity index (χ2n) is 6.36. The molecule has 6 nitrogen and oxygen atoms in total. The zero-order valence-corrected chi connectivity index (χ0v) is 15.9. The third kappa shape index (κ3) is 4.75. The Morgan fingerprint density at radius 1 is 1.08 bits per heavy atom. The van der Waals surface area contributed by atoms with Gasteiger partial charge in [-0.25, -0.2) is 0 Å². The van der Waals surface area contributed by atoms with E-state index in [0.717, 1.165) is 17.7 Å². The summed E-state index contributed by atoms with van der Waals surface area (Å²) in [5, 5.41) is 0. The molecule has 0 aromatic heterocycles. The molecule has 3 atom stereocenters. The van der Waals surface area contributed by atoms with E-state index in [1.807, 2.05) is 31.2 Å². The summed E-state index contributed by atoms with van der Waals surface area (Å²) in [5.74, 6) is -1.69. The maximum absolute atomic E-state index is 12.5. The zero-order valence-electron chi connectivity index (χ0n) is 15.9. The second kappa shape index (κ2) is 9.57. The van der Waals surface area contributed by atoms with E-state index < -0.39 is 17.9 Å². The fourth-order valence-electron chi connectivity index (χ4n) is 3.37. The minimum atomic E-state index is -0.991. The maximum atomic E-state index is 12.5. The molecular weight excluding hydrogens is 336 g/mol. The molecule has 2 rings (SSSR count). The number of hydrogen-bond donors (Lipinski definition) is 0. The molecule has 1 aromatic carbocycles. The van der Waals surface area contributed by atoms with Crippen LogP contribution in [0.4, 0.5) is 0 Å². The monoisotopic (exact) mass is 364 g/mol. The summed E-state index contributed by atoms with van der Waals surface area (Å²) in [5.41, 5.74) is 0.904. The molecule has 0 radical (unpaired) electrons. The van der Waals surface area contributed by atoms with E-state index in [1.54, 1.807) is 21.0 Å². The van der Waals surface area contributed by atoms with E-state index in [9.17, 15) is 9.59 Å². The molecule has 0 N–H and O–H groups in total. The molecule has 144 valence electrons. The highest BCUT2D eigenvalue weighted by molar-refractivity contribution is 5.95. The Morgan fingerprint density at radius 3 is 2.15 bits per heavy atom. The van der Waals surface area contributed by atoms with Crippen molar-refractivity contribution in [2.75, 3.05) is 20.3 Å². The lowest BCUT2D eigenvalue weighted by atomic mass is 9.78. The number of benzene rings is 1. The molecule has 1 aromatic rings. The van der Waals surface area contributed by atoms with Crippen molar-refractivity contribution in [2.24, 2.45) is 11.8 Å². The zero-order chi connectivity index (χ0) is 19.1. The number of carbonyl (C=O) groups is 2. The number of esters is 2. The number of carbonyl (C=O) groups excluding carboxylic acids is 2. The summed E-state index contributed by atoms with van der Waals surface area (Å²) in [6, 6.07) is 7.50.